The van der Waals surface area contributed by atoms with Gasteiger partial charge in [0.15, 0.2) is 6.54 Å². The summed E-state index contributed by atoms with van der Waals surface area (Å²) in [5, 5.41) is 12.1. The lowest BCUT2D eigenvalue weighted by molar-refractivity contribution is -0.885. The number of nitrogens with one attached hydrogen (secondary N) is 2. The number of halogens is 4. The van der Waals surface area contributed by atoms with Crippen LogP contribution in [-0.4, -0.2) is 19.5 Å². The fraction of sp³-hybridized carbons (Fsp3) is 0.222. The minimum Gasteiger partial charge on any atom is -0.326 e. The highest BCUT2D eigenvalue weighted by Gasteiger charge is 2.30. The van der Waals surface area contributed by atoms with E-state index in [2.05, 4.69) is 5.32 Å². The van der Waals surface area contributed by atoms with E-state index < -0.39 is 11.7 Å². The van der Waals surface area contributed by atoms with E-state index in [0.29, 0.717) is 28.4 Å². The summed E-state index contributed by atoms with van der Waals surface area (Å²) in [4.78, 5) is 12.9. The zero-order valence-electron chi connectivity index (χ0n) is 13.8. The van der Waals surface area contributed by atoms with Crippen LogP contribution in [0.5, 0.6) is 0 Å². The second kappa shape index (κ2) is 8.21. The molecule has 0 aliphatic carbocycles. The molecule has 0 saturated heterocycles. The number of quaternary nitrogens is 1. The van der Waals surface area contributed by atoms with E-state index in [4.69, 9.17) is 16.9 Å². The second-order valence-electron chi connectivity index (χ2n) is 5.86. The van der Waals surface area contributed by atoms with Gasteiger partial charge in [-0.15, -0.1) is 0 Å². The Morgan fingerprint density at radius 3 is 2.46 bits per heavy atom. The molecule has 0 aliphatic rings. The Labute approximate surface area is 153 Å². The number of benzene rings is 2. The van der Waals surface area contributed by atoms with Crippen LogP contribution < -0.4 is 10.2 Å². The predicted molar refractivity (Wildman–Crippen MR) is 91.7 cm³/mol. The average Bonchev–Trinajstić information content (AvgIpc) is 2.54. The van der Waals surface area contributed by atoms with Gasteiger partial charge in [0.1, 0.15) is 12.6 Å². The number of carbonyl (C=O) groups is 1. The molecule has 0 heterocycles. The van der Waals surface area contributed by atoms with E-state index in [9.17, 15) is 18.0 Å². The Kier molecular flexibility index (Phi) is 6.24. The molecule has 1 amide bonds. The Morgan fingerprint density at radius 2 is 1.88 bits per heavy atom. The lowest BCUT2D eigenvalue weighted by atomic mass is 10.1. The largest absolute Gasteiger partial charge is 0.416 e. The zero-order chi connectivity index (χ0) is 19.3. The number of anilines is 1. The Hall–Kier alpha value is -2.56. The van der Waals surface area contributed by atoms with Crippen LogP contribution >= 0.6 is 11.6 Å². The van der Waals surface area contributed by atoms with Crippen molar-refractivity contribution in [3.05, 3.63) is 64.2 Å². The van der Waals surface area contributed by atoms with Gasteiger partial charge in [-0.05, 0) is 30.3 Å². The molecule has 2 rings (SSSR count). The molecule has 1 unspecified atom stereocenters. The van der Waals surface area contributed by atoms with Gasteiger partial charge in [-0.2, -0.15) is 18.4 Å². The Balaban J connectivity index is 1.95. The van der Waals surface area contributed by atoms with Crippen molar-refractivity contribution in [3.63, 3.8) is 0 Å². The maximum atomic E-state index is 12.6. The molecule has 0 spiro atoms. The molecule has 136 valence electrons. The summed E-state index contributed by atoms with van der Waals surface area (Å²) in [6.07, 6.45) is -4.37. The van der Waals surface area contributed by atoms with Crippen molar-refractivity contribution in [2.24, 2.45) is 0 Å². The monoisotopic (exact) mass is 382 g/mol. The third-order valence-electron chi connectivity index (χ3n) is 3.63. The molecule has 0 bridgehead atoms. The molecule has 0 aliphatic heterocycles. The van der Waals surface area contributed by atoms with Gasteiger partial charge < -0.3 is 10.2 Å². The third-order valence-corrected chi connectivity index (χ3v) is 3.86. The highest BCUT2D eigenvalue weighted by Crippen LogP contribution is 2.29. The summed E-state index contributed by atoms with van der Waals surface area (Å²) >= 11 is 5.87. The van der Waals surface area contributed by atoms with Gasteiger partial charge >= 0.3 is 6.18 Å². The number of likely N-dealkylation sites (N-methyl/N-ethyl adjacent to an activating group) is 1. The van der Waals surface area contributed by atoms with Gasteiger partial charge in [-0.1, -0.05) is 23.7 Å². The SMILES string of the molecule is C[NH+](CC(=O)Nc1cc(Cl)ccc1C#N)Cc1ccc(C(F)(F)F)cc1. The lowest BCUT2D eigenvalue weighted by Crippen LogP contribution is -3.08. The maximum absolute atomic E-state index is 12.6. The van der Waals surface area contributed by atoms with Crippen LogP contribution in [0.25, 0.3) is 0 Å². The first-order chi connectivity index (χ1) is 12.2. The van der Waals surface area contributed by atoms with Crippen LogP contribution in [0, 0.1) is 11.3 Å². The zero-order valence-corrected chi connectivity index (χ0v) is 14.6. The van der Waals surface area contributed by atoms with Crippen molar-refractivity contribution in [1.29, 1.82) is 5.26 Å². The fourth-order valence-corrected chi connectivity index (χ4v) is 2.58. The maximum Gasteiger partial charge on any atom is 0.416 e. The molecule has 0 aromatic heterocycles. The standard InChI is InChI=1S/C18H15ClF3N3O/c1-25(10-12-2-5-14(6-3-12)18(20,21)22)11-17(26)24-16-8-15(19)7-4-13(16)9-23/h2-8H,10-11H2,1H3,(H,24,26)/p+1. The molecule has 0 fully saturated rings. The van der Waals surface area contributed by atoms with Crippen LogP contribution in [-0.2, 0) is 17.5 Å². The molecular formula is C18H16ClF3N3O+. The van der Waals surface area contributed by atoms with Crippen molar-refractivity contribution in [2.75, 3.05) is 18.9 Å². The minimum absolute atomic E-state index is 0.0818. The molecule has 2 aromatic carbocycles. The molecule has 1 atom stereocenters. The van der Waals surface area contributed by atoms with E-state index in [0.717, 1.165) is 17.0 Å². The summed E-state index contributed by atoms with van der Waals surface area (Å²) in [5.74, 6) is -0.326. The topological polar surface area (TPSA) is 57.3 Å². The van der Waals surface area contributed by atoms with Crippen molar-refractivity contribution in [3.8, 4) is 6.07 Å². The van der Waals surface area contributed by atoms with Gasteiger partial charge in [0, 0.05) is 10.6 Å². The van der Waals surface area contributed by atoms with Crippen LogP contribution in [0.15, 0.2) is 42.5 Å². The van der Waals surface area contributed by atoms with Crippen molar-refractivity contribution >= 4 is 23.2 Å². The van der Waals surface area contributed by atoms with Crippen molar-refractivity contribution in [2.45, 2.75) is 12.7 Å². The van der Waals surface area contributed by atoms with Gasteiger partial charge in [0.25, 0.3) is 5.91 Å². The van der Waals surface area contributed by atoms with Crippen LogP contribution in [0.3, 0.4) is 0 Å². The number of alkyl halides is 3. The number of nitrogens with zero attached hydrogens (tertiary/aromatic N) is 1. The van der Waals surface area contributed by atoms with E-state index >= 15 is 0 Å². The lowest BCUT2D eigenvalue weighted by Gasteiger charge is -2.15. The minimum atomic E-state index is -4.37. The van der Waals surface area contributed by atoms with E-state index in [1.54, 1.807) is 13.1 Å². The number of hydrogen-bond acceptors (Lipinski definition) is 2. The summed E-state index contributed by atoms with van der Waals surface area (Å²) in [6.45, 7) is 0.463. The first-order valence-corrected chi connectivity index (χ1v) is 8.04. The summed E-state index contributed by atoms with van der Waals surface area (Å²) in [7, 11) is 1.75. The normalized spacial score (nSPS) is 12.3. The van der Waals surface area contributed by atoms with Gasteiger partial charge in [0.2, 0.25) is 0 Å². The van der Waals surface area contributed by atoms with E-state index in [-0.39, 0.29) is 12.5 Å². The Morgan fingerprint density at radius 1 is 1.23 bits per heavy atom. The van der Waals surface area contributed by atoms with Crippen molar-refractivity contribution < 1.29 is 22.9 Å². The van der Waals surface area contributed by atoms with E-state index in [1.807, 2.05) is 6.07 Å². The van der Waals surface area contributed by atoms with Crippen LogP contribution in [0.1, 0.15) is 16.7 Å². The highest BCUT2D eigenvalue weighted by atomic mass is 35.5. The highest BCUT2D eigenvalue weighted by molar-refractivity contribution is 6.31. The average molecular weight is 383 g/mol. The smallest absolute Gasteiger partial charge is 0.326 e. The summed E-state index contributed by atoms with van der Waals surface area (Å²) < 4.78 is 37.7. The number of amides is 1. The van der Waals surface area contributed by atoms with Crippen LogP contribution in [0.2, 0.25) is 5.02 Å². The molecule has 2 aromatic rings. The summed E-state index contributed by atoms with van der Waals surface area (Å²) in [5.41, 5.74) is 0.598. The predicted octanol–water partition coefficient (Wildman–Crippen LogP) is 2.88. The Bertz CT molecular complexity index is 829. The molecule has 26 heavy (non-hydrogen) atoms. The summed E-state index contributed by atoms with van der Waals surface area (Å²) in [6, 6.07) is 11.4. The number of carbonyl (C=O) groups excluding carboxylic acids is 1. The molecule has 0 radical (unpaired) electrons. The number of nitriles is 1. The van der Waals surface area contributed by atoms with Gasteiger partial charge in [-0.25, -0.2) is 0 Å². The molecule has 4 nitrogen and oxygen atoms in total. The number of hydrogen-bond donors (Lipinski definition) is 2. The molecule has 2 N–H and O–H groups in total. The first-order valence-electron chi connectivity index (χ1n) is 7.66. The van der Waals surface area contributed by atoms with Crippen LogP contribution in [0.4, 0.5) is 18.9 Å². The fourth-order valence-electron chi connectivity index (χ4n) is 2.41. The molecule has 0 saturated carbocycles. The van der Waals surface area contributed by atoms with Crippen molar-refractivity contribution in [1.82, 2.24) is 0 Å². The van der Waals surface area contributed by atoms with Gasteiger partial charge in [-0.3, -0.25) is 4.79 Å². The molecular weight excluding hydrogens is 367 g/mol. The van der Waals surface area contributed by atoms with Gasteiger partial charge in [0.05, 0.1) is 23.9 Å². The number of rotatable bonds is 5. The first kappa shape index (κ1) is 19.8. The second-order valence-corrected chi connectivity index (χ2v) is 6.29. The third kappa shape index (κ3) is 5.48. The molecule has 8 heteroatoms. The van der Waals surface area contributed by atoms with E-state index in [1.165, 1.54) is 24.3 Å². The quantitative estimate of drug-likeness (QED) is 0.835.